The largest absolute Gasteiger partial charge is 0.504 e. The molecule has 5 aliphatic rings. The molecular formula is C55H89Cl2N5O12. The summed E-state index contributed by atoms with van der Waals surface area (Å²) in [6, 6.07) is 5.08. The molecule has 2 N–H and O–H groups in total. The van der Waals surface area contributed by atoms with E-state index in [0.717, 1.165) is 70.1 Å². The summed E-state index contributed by atoms with van der Waals surface area (Å²) in [6.45, 7) is 19.5. The standard InChI is InChI=1S/C38H51Cl2N3O8.C8H17NO2.C5H9NO2.2C2H6/c1-24-9-7-15-38(3,48-4)16-14-31(44)25(2)35-34(23-49-36(24)46)51-37(47)43(35)18-8-17-42(22-28-29(39)20-41-21-30(28)40)26-12-13-32(45)33(19-26)50-27-10-5-6-11-27;1-6-4-7(9(2)3)5-8(10)11-6;7-5-6-1-3-8-4-2-6;2*1-2/h12-13,19-21,24-25,27,34-35,45H,5-11,14-18,22-23H2,1-4H3;6-8,10H,4-5H2,1-3H3;5H,1-4H2;2*1-2H3/t24-,25+,34?,35-,38+;6-,7+,8?;;;/m11.../s1. The predicted octanol–water partition coefficient (Wildman–Crippen LogP) is 9.72. The molecule has 0 spiro atoms. The van der Waals surface area contributed by atoms with Crippen LogP contribution in [0.4, 0.5) is 10.5 Å². The number of hydrogen-bond donors (Lipinski definition) is 2. The highest BCUT2D eigenvalue weighted by atomic mass is 35.5. The number of methoxy groups -OCH3 is 1. The fraction of sp³-hybridized carbons (Fsp3) is 0.727. The van der Waals surface area contributed by atoms with Crippen LogP contribution in [-0.2, 0) is 44.6 Å². The Kier molecular flexibility index (Phi) is 28.9. The van der Waals surface area contributed by atoms with Crippen LogP contribution >= 0.6 is 23.2 Å². The van der Waals surface area contributed by atoms with Crippen LogP contribution in [0.1, 0.15) is 138 Å². The Morgan fingerprint density at radius 3 is 2.20 bits per heavy atom. The minimum atomic E-state index is -0.790. The van der Waals surface area contributed by atoms with Crippen LogP contribution in [-0.4, -0.2) is 164 Å². The first-order valence-electron chi connectivity index (χ1n) is 26.9. The summed E-state index contributed by atoms with van der Waals surface area (Å²) < 4.78 is 33.7. The lowest BCUT2D eigenvalue weighted by Gasteiger charge is -2.34. The van der Waals surface area contributed by atoms with Gasteiger partial charge in [0.1, 0.15) is 12.4 Å². The number of morpholine rings is 1. The van der Waals surface area contributed by atoms with Gasteiger partial charge in [-0.15, -0.1) is 0 Å². The summed E-state index contributed by atoms with van der Waals surface area (Å²) in [5, 5.41) is 20.7. The zero-order valence-corrected chi connectivity index (χ0v) is 47.7. The number of carbonyl (C=O) groups is 4. The van der Waals surface area contributed by atoms with Gasteiger partial charge < -0.3 is 58.2 Å². The number of aromatic nitrogens is 1. The molecule has 420 valence electrons. The number of aromatic hydroxyl groups is 1. The number of ether oxygens (including phenoxy) is 6. The molecule has 1 saturated carbocycles. The zero-order chi connectivity index (χ0) is 55.0. The molecule has 19 heteroatoms. The molecule has 0 radical (unpaired) electrons. The Balaban J connectivity index is 0.000000516. The van der Waals surface area contributed by atoms with Crippen LogP contribution in [0, 0.1) is 11.8 Å². The molecular weight excluding hydrogens is 994 g/mol. The van der Waals surface area contributed by atoms with Gasteiger partial charge in [0.25, 0.3) is 0 Å². The Hall–Kier alpha value is -3.97. The van der Waals surface area contributed by atoms with Gasteiger partial charge in [-0.25, -0.2) is 4.79 Å². The monoisotopic (exact) mass is 1080 g/mol. The molecule has 2 aromatic rings. The lowest BCUT2D eigenvalue weighted by atomic mass is 9.85. The summed E-state index contributed by atoms with van der Waals surface area (Å²) in [5.74, 6) is -0.784. The number of esters is 1. The second kappa shape index (κ2) is 33.2. The lowest BCUT2D eigenvalue weighted by Crippen LogP contribution is -2.47. The summed E-state index contributed by atoms with van der Waals surface area (Å²) in [7, 11) is 5.72. The second-order valence-electron chi connectivity index (χ2n) is 19.7. The highest BCUT2D eigenvalue weighted by Crippen LogP contribution is 2.37. The molecule has 1 aromatic carbocycles. The van der Waals surface area contributed by atoms with E-state index in [-0.39, 0.29) is 48.8 Å². The number of anilines is 1. The number of nitrogens with zero attached hydrogens (tertiary/aromatic N) is 5. The van der Waals surface area contributed by atoms with E-state index >= 15 is 0 Å². The number of halogens is 2. The zero-order valence-electron chi connectivity index (χ0n) is 46.2. The number of benzene rings is 1. The van der Waals surface area contributed by atoms with Gasteiger partial charge in [0, 0.05) is 94.3 Å². The van der Waals surface area contributed by atoms with Gasteiger partial charge in [0.15, 0.2) is 23.9 Å². The average molecular weight is 1080 g/mol. The van der Waals surface area contributed by atoms with Crippen LogP contribution in [0.5, 0.6) is 11.5 Å². The first-order chi connectivity index (χ1) is 35.4. The molecule has 74 heavy (non-hydrogen) atoms. The van der Waals surface area contributed by atoms with Gasteiger partial charge in [-0.1, -0.05) is 64.7 Å². The van der Waals surface area contributed by atoms with Crippen molar-refractivity contribution in [3.8, 4) is 11.5 Å². The smallest absolute Gasteiger partial charge is 0.410 e. The Bertz CT molecular complexity index is 1960. The van der Waals surface area contributed by atoms with Gasteiger partial charge in [0.05, 0.1) is 53.0 Å². The van der Waals surface area contributed by atoms with Gasteiger partial charge >= 0.3 is 12.1 Å². The van der Waals surface area contributed by atoms with Crippen molar-refractivity contribution >= 4 is 53.1 Å². The number of phenols is 1. The van der Waals surface area contributed by atoms with E-state index in [0.29, 0.717) is 85.8 Å². The maximum absolute atomic E-state index is 13.7. The van der Waals surface area contributed by atoms with Crippen LogP contribution < -0.4 is 9.64 Å². The second-order valence-corrected chi connectivity index (χ2v) is 20.5. The highest BCUT2D eigenvalue weighted by Gasteiger charge is 2.47. The van der Waals surface area contributed by atoms with E-state index in [4.69, 9.17) is 51.6 Å². The molecule has 0 bridgehead atoms. The minimum Gasteiger partial charge on any atom is -0.504 e. The fourth-order valence-electron chi connectivity index (χ4n) is 9.58. The Morgan fingerprint density at radius 2 is 1.61 bits per heavy atom. The third-order valence-electron chi connectivity index (χ3n) is 14.2. The SMILES string of the molecule is CC.CC.CO[C@@]1(C)CCC[C@@H](C)C(=O)OCC2OC(=O)N(CCCN(Cc3c(Cl)cncc3Cl)c3ccc(O)c(OC4CCCC4)c3)[C@@H]2[C@@H](C)C(=O)CC1.C[C@@H]1C[C@H](N(C)C)CC(O)O1.O=CN1CCOCC1. The Morgan fingerprint density at radius 1 is 0.946 bits per heavy atom. The van der Waals surface area contributed by atoms with Crippen molar-refractivity contribution < 1.29 is 57.8 Å². The van der Waals surface area contributed by atoms with E-state index < -0.39 is 36.0 Å². The van der Waals surface area contributed by atoms with Crippen molar-refractivity contribution in [1.29, 1.82) is 0 Å². The third kappa shape index (κ3) is 20.2. The lowest BCUT2D eigenvalue weighted by molar-refractivity contribution is -0.172. The van der Waals surface area contributed by atoms with E-state index in [9.17, 15) is 29.4 Å². The molecule has 2 unspecified atom stereocenters. The van der Waals surface area contributed by atoms with Crippen LogP contribution in [0.3, 0.4) is 0 Å². The maximum Gasteiger partial charge on any atom is 0.410 e. The van der Waals surface area contributed by atoms with E-state index in [2.05, 4.69) is 14.8 Å². The van der Waals surface area contributed by atoms with E-state index in [1.165, 1.54) is 0 Å². The molecule has 5 fully saturated rings. The van der Waals surface area contributed by atoms with E-state index in [1.807, 2.05) is 81.6 Å². The molecule has 1 aromatic heterocycles. The topological polar surface area (TPSA) is 190 Å². The highest BCUT2D eigenvalue weighted by molar-refractivity contribution is 6.35. The summed E-state index contributed by atoms with van der Waals surface area (Å²) >= 11 is 13.1. The quantitative estimate of drug-likeness (QED) is 0.151. The van der Waals surface area contributed by atoms with Crippen molar-refractivity contribution in [2.24, 2.45) is 11.8 Å². The van der Waals surface area contributed by atoms with Crippen LogP contribution in [0.15, 0.2) is 30.6 Å². The maximum atomic E-state index is 13.7. The number of amides is 2. The molecule has 4 saturated heterocycles. The number of phenolic OH excluding ortho intramolecular Hbond substituents is 1. The van der Waals surface area contributed by atoms with Crippen molar-refractivity contribution in [3.05, 3.63) is 46.2 Å². The van der Waals surface area contributed by atoms with Crippen molar-refractivity contribution in [1.82, 2.24) is 19.7 Å². The number of ketones is 1. The molecule has 2 amide bonds. The molecule has 1 aliphatic carbocycles. The summed E-state index contributed by atoms with van der Waals surface area (Å²) in [4.78, 5) is 61.7. The number of cyclic esters (lactones) is 1. The number of rotatable bonds is 12. The molecule has 8 atom stereocenters. The van der Waals surface area contributed by atoms with E-state index in [1.54, 1.807) is 35.4 Å². The molecule has 7 rings (SSSR count). The Labute approximate surface area is 451 Å². The summed E-state index contributed by atoms with van der Waals surface area (Å²) in [6.07, 6.45) is 11.5. The van der Waals surface area contributed by atoms with Gasteiger partial charge in [-0.2, -0.15) is 0 Å². The first kappa shape index (κ1) is 64.3. The minimum absolute atomic E-state index is 0.00388. The number of pyridine rings is 1. The number of Topliss-reactive ketones (excluding diaryl/α,β-unsaturated/α-hetero) is 1. The van der Waals surface area contributed by atoms with Crippen molar-refractivity contribution in [2.45, 2.75) is 181 Å². The third-order valence-corrected chi connectivity index (χ3v) is 14.9. The molecule has 5 heterocycles. The fourth-order valence-corrected chi connectivity index (χ4v) is 10.1. The average Bonchev–Trinajstić information content (AvgIpc) is 4.03. The van der Waals surface area contributed by atoms with Gasteiger partial charge in [-0.3, -0.25) is 19.4 Å². The first-order valence-corrected chi connectivity index (χ1v) is 27.7. The number of fused-ring (bicyclic) bond motifs is 1. The van der Waals surface area contributed by atoms with Crippen molar-refractivity contribution in [2.75, 3.05) is 72.1 Å². The van der Waals surface area contributed by atoms with Gasteiger partial charge in [-0.05, 0) is 104 Å². The number of aliphatic hydroxyl groups excluding tert-OH is 1. The van der Waals surface area contributed by atoms with Crippen LogP contribution in [0.2, 0.25) is 10.0 Å². The number of hydrogen-bond acceptors (Lipinski definition) is 15. The molecule has 4 aliphatic heterocycles. The predicted molar refractivity (Wildman–Crippen MR) is 289 cm³/mol. The normalized spacial score (nSPS) is 26.7. The molecule has 17 nitrogen and oxygen atoms in total. The van der Waals surface area contributed by atoms with Crippen molar-refractivity contribution in [3.63, 3.8) is 0 Å². The van der Waals surface area contributed by atoms with Gasteiger partial charge in [0.2, 0.25) is 6.41 Å². The van der Waals surface area contributed by atoms with Crippen LogP contribution in [0.25, 0.3) is 0 Å². The summed E-state index contributed by atoms with van der Waals surface area (Å²) in [5.41, 5.74) is 0.949. The number of aliphatic hydroxyl groups is 1. The number of carbonyl (C=O) groups excluding carboxylic acids is 4.